The van der Waals surface area contributed by atoms with Gasteiger partial charge in [-0.25, -0.2) is 0 Å². The Hall–Kier alpha value is -1.44. The second-order valence-electron chi connectivity index (χ2n) is 5.61. The van der Waals surface area contributed by atoms with Crippen LogP contribution >= 0.6 is 11.3 Å². The molecule has 1 fully saturated rings. The van der Waals surface area contributed by atoms with E-state index in [2.05, 4.69) is 0 Å². The van der Waals surface area contributed by atoms with Gasteiger partial charge in [0.25, 0.3) is 0 Å². The molecule has 2 aliphatic rings. The standard InChI is InChI=1S/C14H18N2O4S/c17-10-5-11(14(19)20)16(7-10)8-13(18)15-3-1-12-9(6-15)2-4-21-12/h2,4,10-11,17H,1,3,5-8H2,(H,19,20). The Morgan fingerprint density at radius 2 is 2.24 bits per heavy atom. The van der Waals surface area contributed by atoms with E-state index in [0.717, 1.165) is 6.42 Å². The third kappa shape index (κ3) is 2.95. The summed E-state index contributed by atoms with van der Waals surface area (Å²) in [6.45, 7) is 1.60. The Labute approximate surface area is 126 Å². The SMILES string of the molecule is O=C(O)C1CC(O)CN1CC(=O)N1CCc2sccc2C1. The first kappa shape index (κ1) is 14.5. The Bertz CT molecular complexity index is 559. The van der Waals surface area contributed by atoms with Gasteiger partial charge in [-0.3, -0.25) is 14.5 Å². The second kappa shape index (κ2) is 5.75. The monoisotopic (exact) mass is 310 g/mol. The number of likely N-dealkylation sites (tertiary alicyclic amines) is 1. The summed E-state index contributed by atoms with van der Waals surface area (Å²) in [4.78, 5) is 28.2. The van der Waals surface area contributed by atoms with Gasteiger partial charge in [0.05, 0.1) is 12.6 Å². The first-order valence-electron chi connectivity index (χ1n) is 7.02. The number of amides is 1. The highest BCUT2D eigenvalue weighted by atomic mass is 32.1. The van der Waals surface area contributed by atoms with Crippen molar-refractivity contribution in [3.05, 3.63) is 21.9 Å². The van der Waals surface area contributed by atoms with Crippen LogP contribution in [-0.2, 0) is 22.6 Å². The molecule has 114 valence electrons. The summed E-state index contributed by atoms with van der Waals surface area (Å²) in [6.07, 6.45) is 0.393. The molecule has 21 heavy (non-hydrogen) atoms. The Balaban J connectivity index is 1.63. The number of hydrogen-bond donors (Lipinski definition) is 2. The van der Waals surface area contributed by atoms with E-state index in [9.17, 15) is 14.7 Å². The number of aliphatic hydroxyl groups is 1. The molecule has 3 rings (SSSR count). The van der Waals surface area contributed by atoms with Crippen LogP contribution in [0.2, 0.25) is 0 Å². The molecule has 2 aliphatic heterocycles. The summed E-state index contributed by atoms with van der Waals surface area (Å²) in [5, 5.41) is 20.8. The third-order valence-electron chi connectivity index (χ3n) is 4.17. The van der Waals surface area contributed by atoms with Crippen molar-refractivity contribution >= 4 is 23.2 Å². The van der Waals surface area contributed by atoms with Crippen molar-refractivity contribution < 1.29 is 19.8 Å². The summed E-state index contributed by atoms with van der Waals surface area (Å²) in [6, 6.07) is 1.28. The number of fused-ring (bicyclic) bond motifs is 1. The Kier molecular flexibility index (Phi) is 3.97. The van der Waals surface area contributed by atoms with Gasteiger partial charge in [0.2, 0.25) is 5.91 Å². The van der Waals surface area contributed by atoms with E-state index in [4.69, 9.17) is 5.11 Å². The lowest BCUT2D eigenvalue weighted by Gasteiger charge is -2.29. The Morgan fingerprint density at radius 1 is 1.43 bits per heavy atom. The van der Waals surface area contributed by atoms with E-state index in [-0.39, 0.29) is 25.4 Å². The number of nitrogens with zero attached hydrogens (tertiary/aromatic N) is 2. The van der Waals surface area contributed by atoms with Crippen molar-refractivity contribution in [3.63, 3.8) is 0 Å². The van der Waals surface area contributed by atoms with Crippen molar-refractivity contribution in [1.29, 1.82) is 0 Å². The number of thiophene rings is 1. The highest BCUT2D eigenvalue weighted by Gasteiger charge is 2.37. The summed E-state index contributed by atoms with van der Waals surface area (Å²) in [5.74, 6) is -1.04. The normalized spacial score (nSPS) is 25.9. The van der Waals surface area contributed by atoms with Crippen LogP contribution in [0.4, 0.5) is 0 Å². The number of carbonyl (C=O) groups is 2. The zero-order chi connectivity index (χ0) is 15.0. The van der Waals surface area contributed by atoms with Crippen LogP contribution in [0.25, 0.3) is 0 Å². The number of aliphatic carboxylic acids is 1. The lowest BCUT2D eigenvalue weighted by atomic mass is 10.1. The first-order chi connectivity index (χ1) is 10.0. The minimum Gasteiger partial charge on any atom is -0.480 e. The molecule has 0 aromatic carbocycles. The number of aliphatic hydroxyl groups excluding tert-OH is 1. The fourth-order valence-electron chi connectivity index (χ4n) is 3.05. The van der Waals surface area contributed by atoms with Gasteiger partial charge in [-0.1, -0.05) is 0 Å². The molecular formula is C14H18N2O4S. The van der Waals surface area contributed by atoms with E-state index < -0.39 is 18.1 Å². The minimum absolute atomic E-state index is 0.0628. The molecule has 0 spiro atoms. The lowest BCUT2D eigenvalue weighted by molar-refractivity contribution is -0.143. The average molecular weight is 310 g/mol. The number of rotatable bonds is 3. The summed E-state index contributed by atoms with van der Waals surface area (Å²) in [5.41, 5.74) is 1.19. The maximum absolute atomic E-state index is 12.4. The predicted octanol–water partition coefficient (Wildman–Crippen LogP) is 0.153. The van der Waals surface area contributed by atoms with Gasteiger partial charge in [-0.15, -0.1) is 11.3 Å². The van der Waals surface area contributed by atoms with Crippen molar-refractivity contribution in [2.24, 2.45) is 0 Å². The largest absolute Gasteiger partial charge is 0.480 e. The first-order valence-corrected chi connectivity index (χ1v) is 7.90. The number of β-amino-alcohol motifs (C(OH)–C–C–N with tert-alkyl or cyclic N) is 1. The molecule has 2 N–H and O–H groups in total. The topological polar surface area (TPSA) is 81.1 Å². The Morgan fingerprint density at radius 3 is 3.00 bits per heavy atom. The smallest absolute Gasteiger partial charge is 0.321 e. The molecule has 1 saturated heterocycles. The number of carboxylic acid groups (broad SMARTS) is 1. The number of hydrogen-bond acceptors (Lipinski definition) is 5. The van der Waals surface area contributed by atoms with E-state index in [1.54, 1.807) is 21.1 Å². The van der Waals surface area contributed by atoms with E-state index >= 15 is 0 Å². The van der Waals surface area contributed by atoms with Gasteiger partial charge in [0, 0.05) is 30.9 Å². The molecule has 1 amide bonds. The molecule has 3 heterocycles. The van der Waals surface area contributed by atoms with E-state index in [1.807, 2.05) is 11.4 Å². The van der Waals surface area contributed by atoms with Crippen LogP contribution in [-0.4, -0.2) is 63.7 Å². The predicted molar refractivity (Wildman–Crippen MR) is 77.1 cm³/mol. The minimum atomic E-state index is -0.974. The lowest BCUT2D eigenvalue weighted by Crippen LogP contribution is -2.45. The van der Waals surface area contributed by atoms with Gasteiger partial charge in [-0.05, 0) is 23.4 Å². The number of carboxylic acids is 1. The second-order valence-corrected chi connectivity index (χ2v) is 6.61. The average Bonchev–Trinajstić information content (AvgIpc) is 3.04. The van der Waals surface area contributed by atoms with Crippen LogP contribution in [0, 0.1) is 0 Å². The summed E-state index contributed by atoms with van der Waals surface area (Å²) >= 11 is 1.72. The van der Waals surface area contributed by atoms with Crippen molar-refractivity contribution in [2.45, 2.75) is 31.5 Å². The van der Waals surface area contributed by atoms with Gasteiger partial charge >= 0.3 is 5.97 Å². The summed E-state index contributed by atoms with van der Waals surface area (Å²) < 4.78 is 0. The molecule has 0 radical (unpaired) electrons. The van der Waals surface area contributed by atoms with Gasteiger partial charge in [-0.2, -0.15) is 0 Å². The number of carbonyl (C=O) groups excluding carboxylic acids is 1. The molecule has 1 aromatic heterocycles. The molecular weight excluding hydrogens is 292 g/mol. The van der Waals surface area contributed by atoms with Crippen molar-refractivity contribution in [2.75, 3.05) is 19.6 Å². The van der Waals surface area contributed by atoms with Crippen LogP contribution in [0.1, 0.15) is 16.9 Å². The van der Waals surface area contributed by atoms with Crippen LogP contribution < -0.4 is 0 Å². The quantitative estimate of drug-likeness (QED) is 0.831. The maximum atomic E-state index is 12.4. The molecule has 2 atom stereocenters. The molecule has 0 saturated carbocycles. The van der Waals surface area contributed by atoms with Gasteiger partial charge < -0.3 is 15.1 Å². The van der Waals surface area contributed by atoms with E-state index in [1.165, 1.54) is 10.4 Å². The van der Waals surface area contributed by atoms with Gasteiger partial charge in [0.15, 0.2) is 0 Å². The van der Waals surface area contributed by atoms with Crippen LogP contribution in [0.5, 0.6) is 0 Å². The molecule has 6 nitrogen and oxygen atoms in total. The highest BCUT2D eigenvalue weighted by molar-refractivity contribution is 7.10. The van der Waals surface area contributed by atoms with Crippen molar-refractivity contribution in [3.8, 4) is 0 Å². The third-order valence-corrected chi connectivity index (χ3v) is 5.19. The molecule has 0 aliphatic carbocycles. The zero-order valence-electron chi connectivity index (χ0n) is 11.6. The van der Waals surface area contributed by atoms with Crippen molar-refractivity contribution in [1.82, 2.24) is 9.80 Å². The fraction of sp³-hybridized carbons (Fsp3) is 0.571. The highest BCUT2D eigenvalue weighted by Crippen LogP contribution is 2.25. The molecule has 7 heteroatoms. The fourth-order valence-corrected chi connectivity index (χ4v) is 3.94. The van der Waals surface area contributed by atoms with Gasteiger partial charge in [0.1, 0.15) is 6.04 Å². The summed E-state index contributed by atoms with van der Waals surface area (Å²) in [7, 11) is 0. The molecule has 1 aromatic rings. The molecule has 2 unspecified atom stereocenters. The maximum Gasteiger partial charge on any atom is 0.321 e. The van der Waals surface area contributed by atoms with Crippen LogP contribution in [0.3, 0.4) is 0 Å². The van der Waals surface area contributed by atoms with E-state index in [0.29, 0.717) is 13.1 Å². The molecule has 0 bridgehead atoms. The zero-order valence-corrected chi connectivity index (χ0v) is 12.4. The van der Waals surface area contributed by atoms with Crippen LogP contribution in [0.15, 0.2) is 11.4 Å².